The van der Waals surface area contributed by atoms with E-state index >= 15 is 0 Å². The maximum atomic E-state index is 12.3. The quantitative estimate of drug-likeness (QED) is 0.360. The Morgan fingerprint density at radius 2 is 1.77 bits per heavy atom. The molecule has 2 atom stereocenters. The predicted molar refractivity (Wildman–Crippen MR) is 115 cm³/mol. The SMILES string of the molecule is CCC(C)NS(=O)(=O)c1ccc(N=Nc2c(O)ccc3cc(S(=O)O)ccc23)cc1. The number of aromatic hydroxyl groups is 1. The van der Waals surface area contributed by atoms with Gasteiger partial charge in [-0.2, -0.15) is 5.11 Å². The Labute approximate surface area is 177 Å². The topological polar surface area (TPSA) is 128 Å². The summed E-state index contributed by atoms with van der Waals surface area (Å²) in [5.74, 6) is -0.0962. The van der Waals surface area contributed by atoms with E-state index in [0.717, 1.165) is 0 Å². The number of hydrogen-bond acceptors (Lipinski definition) is 6. The van der Waals surface area contributed by atoms with E-state index in [1.807, 2.05) is 6.92 Å². The first-order valence-electron chi connectivity index (χ1n) is 9.12. The number of nitrogens with one attached hydrogen (secondary N) is 1. The van der Waals surface area contributed by atoms with E-state index in [-0.39, 0.29) is 27.3 Å². The molecule has 0 bridgehead atoms. The van der Waals surface area contributed by atoms with Crippen LogP contribution in [-0.4, -0.2) is 28.3 Å². The molecule has 0 saturated heterocycles. The second-order valence-electron chi connectivity index (χ2n) is 6.69. The molecule has 0 amide bonds. The highest BCUT2D eigenvalue weighted by atomic mass is 32.2. The van der Waals surface area contributed by atoms with E-state index in [9.17, 15) is 22.3 Å². The van der Waals surface area contributed by atoms with Gasteiger partial charge in [0, 0.05) is 11.4 Å². The van der Waals surface area contributed by atoms with Crippen molar-refractivity contribution in [2.45, 2.75) is 36.1 Å². The molecule has 158 valence electrons. The van der Waals surface area contributed by atoms with Crippen LogP contribution in [-0.2, 0) is 21.1 Å². The Kier molecular flexibility index (Phi) is 6.61. The van der Waals surface area contributed by atoms with Crippen LogP contribution in [0.4, 0.5) is 11.4 Å². The van der Waals surface area contributed by atoms with Crippen LogP contribution >= 0.6 is 0 Å². The monoisotopic (exact) mass is 447 g/mol. The minimum Gasteiger partial charge on any atom is -0.506 e. The summed E-state index contributed by atoms with van der Waals surface area (Å²) in [6.45, 7) is 3.68. The van der Waals surface area contributed by atoms with Gasteiger partial charge < -0.3 is 9.66 Å². The largest absolute Gasteiger partial charge is 0.506 e. The van der Waals surface area contributed by atoms with Gasteiger partial charge in [0.2, 0.25) is 10.0 Å². The average Bonchev–Trinajstić information content (AvgIpc) is 2.72. The molecule has 30 heavy (non-hydrogen) atoms. The molecule has 0 spiro atoms. The molecule has 3 aromatic carbocycles. The van der Waals surface area contributed by atoms with Crippen molar-refractivity contribution in [1.29, 1.82) is 0 Å². The molecule has 0 fully saturated rings. The van der Waals surface area contributed by atoms with Gasteiger partial charge in [-0.15, -0.1) is 5.11 Å². The first-order chi connectivity index (χ1) is 14.2. The van der Waals surface area contributed by atoms with Crippen molar-refractivity contribution in [3.63, 3.8) is 0 Å². The number of nitrogens with zero attached hydrogens (tertiary/aromatic N) is 2. The van der Waals surface area contributed by atoms with Crippen molar-refractivity contribution in [3.8, 4) is 5.75 Å². The third-order valence-electron chi connectivity index (χ3n) is 4.52. The van der Waals surface area contributed by atoms with Gasteiger partial charge in [0.15, 0.2) is 11.1 Å². The van der Waals surface area contributed by atoms with Crippen LogP contribution in [0.15, 0.2) is 74.6 Å². The van der Waals surface area contributed by atoms with Crippen LogP contribution in [0.1, 0.15) is 20.3 Å². The van der Waals surface area contributed by atoms with Crippen molar-refractivity contribution >= 4 is 43.3 Å². The second-order valence-corrected chi connectivity index (χ2v) is 9.37. The van der Waals surface area contributed by atoms with E-state index in [1.54, 1.807) is 19.1 Å². The van der Waals surface area contributed by atoms with Crippen molar-refractivity contribution < 1.29 is 22.3 Å². The minimum atomic E-state index is -3.61. The zero-order valence-corrected chi connectivity index (χ0v) is 17.9. The van der Waals surface area contributed by atoms with Crippen molar-refractivity contribution in [1.82, 2.24) is 4.72 Å². The summed E-state index contributed by atoms with van der Waals surface area (Å²) in [6.07, 6.45) is 0.676. The molecule has 10 heteroatoms. The molecule has 2 unspecified atom stereocenters. The summed E-state index contributed by atoms with van der Waals surface area (Å²) in [5.41, 5.74) is 0.611. The van der Waals surface area contributed by atoms with Gasteiger partial charge in [-0.05, 0) is 61.2 Å². The standard InChI is InChI=1S/C20H21N3O5S2/c1-3-13(2)23-30(27,28)17-8-5-15(6-9-17)21-22-20-18-10-7-16(29(25)26)12-14(18)4-11-19(20)24/h4-13,23-24H,3H2,1-2H3,(H,25,26). The van der Waals surface area contributed by atoms with E-state index in [0.29, 0.717) is 22.9 Å². The third-order valence-corrected chi connectivity index (χ3v) is 6.79. The van der Waals surface area contributed by atoms with Crippen LogP contribution in [0.5, 0.6) is 5.75 Å². The van der Waals surface area contributed by atoms with E-state index in [1.165, 1.54) is 42.5 Å². The average molecular weight is 448 g/mol. The Bertz CT molecular complexity index is 1230. The number of rotatable bonds is 7. The van der Waals surface area contributed by atoms with Gasteiger partial charge in [-0.3, -0.25) is 0 Å². The van der Waals surface area contributed by atoms with Crippen LogP contribution in [0.2, 0.25) is 0 Å². The lowest BCUT2D eigenvalue weighted by molar-refractivity contribution is 0.477. The third kappa shape index (κ3) is 4.90. The van der Waals surface area contributed by atoms with E-state index in [4.69, 9.17) is 0 Å². The summed E-state index contributed by atoms with van der Waals surface area (Å²) in [6, 6.07) is 13.4. The molecular weight excluding hydrogens is 426 g/mol. The van der Waals surface area contributed by atoms with E-state index < -0.39 is 21.1 Å². The predicted octanol–water partition coefficient (Wildman–Crippen LogP) is 4.62. The number of hydrogen-bond donors (Lipinski definition) is 3. The number of fused-ring (bicyclic) bond motifs is 1. The molecule has 3 rings (SSSR count). The van der Waals surface area contributed by atoms with Crippen molar-refractivity contribution in [2.24, 2.45) is 10.2 Å². The van der Waals surface area contributed by atoms with Gasteiger partial charge in [-0.25, -0.2) is 17.3 Å². The summed E-state index contributed by atoms with van der Waals surface area (Å²) in [4.78, 5) is 0.359. The molecule has 8 nitrogen and oxygen atoms in total. The lowest BCUT2D eigenvalue weighted by Crippen LogP contribution is -2.31. The van der Waals surface area contributed by atoms with Gasteiger partial charge in [0.25, 0.3) is 0 Å². The first kappa shape index (κ1) is 22.0. The lowest BCUT2D eigenvalue weighted by atomic mass is 10.1. The molecule has 3 aromatic rings. The lowest BCUT2D eigenvalue weighted by Gasteiger charge is -2.11. The van der Waals surface area contributed by atoms with Crippen molar-refractivity contribution in [2.75, 3.05) is 0 Å². The summed E-state index contributed by atoms with van der Waals surface area (Å²) in [7, 11) is -3.61. The molecule has 0 radical (unpaired) electrons. The van der Waals surface area contributed by atoms with Crippen LogP contribution in [0, 0.1) is 0 Å². The first-order valence-corrected chi connectivity index (χ1v) is 11.7. The molecule has 0 saturated carbocycles. The zero-order valence-electron chi connectivity index (χ0n) is 16.3. The van der Waals surface area contributed by atoms with Gasteiger partial charge in [-0.1, -0.05) is 19.1 Å². The molecule has 0 aliphatic heterocycles. The Hall–Kier alpha value is -2.66. The minimum absolute atomic E-state index is 0.0962. The zero-order chi connectivity index (χ0) is 21.9. The van der Waals surface area contributed by atoms with Crippen LogP contribution in [0.3, 0.4) is 0 Å². The molecular formula is C20H21N3O5S2. The fraction of sp³-hybridized carbons (Fsp3) is 0.200. The highest BCUT2D eigenvalue weighted by Crippen LogP contribution is 2.36. The van der Waals surface area contributed by atoms with Gasteiger partial charge >= 0.3 is 0 Å². The summed E-state index contributed by atoms with van der Waals surface area (Å²) >= 11 is -2.12. The van der Waals surface area contributed by atoms with E-state index in [2.05, 4.69) is 15.0 Å². The fourth-order valence-corrected chi connectivity index (χ4v) is 4.45. The summed E-state index contributed by atoms with van der Waals surface area (Å²) < 4.78 is 47.7. The maximum absolute atomic E-state index is 12.3. The van der Waals surface area contributed by atoms with Crippen LogP contribution in [0.25, 0.3) is 10.8 Å². The number of azo groups is 1. The van der Waals surface area contributed by atoms with Crippen LogP contribution < -0.4 is 4.72 Å². The maximum Gasteiger partial charge on any atom is 0.240 e. The van der Waals surface area contributed by atoms with Gasteiger partial charge in [0.1, 0.15) is 11.4 Å². The van der Waals surface area contributed by atoms with Crippen molar-refractivity contribution in [3.05, 3.63) is 54.6 Å². The number of sulfonamides is 1. The Morgan fingerprint density at radius 1 is 1.07 bits per heavy atom. The Morgan fingerprint density at radius 3 is 2.40 bits per heavy atom. The smallest absolute Gasteiger partial charge is 0.240 e. The molecule has 0 heterocycles. The molecule has 0 aliphatic rings. The molecule has 0 aromatic heterocycles. The number of phenolic OH excluding ortho intramolecular Hbond substituents is 1. The van der Waals surface area contributed by atoms with Gasteiger partial charge in [0.05, 0.1) is 15.5 Å². The number of phenols is 1. The highest BCUT2D eigenvalue weighted by molar-refractivity contribution is 7.89. The molecule has 3 N–H and O–H groups in total. The molecule has 0 aliphatic carbocycles. The highest BCUT2D eigenvalue weighted by Gasteiger charge is 2.16. The normalized spacial score (nSPS) is 14.2. The fourth-order valence-electron chi connectivity index (χ4n) is 2.71. The Balaban J connectivity index is 1.90. The summed E-state index contributed by atoms with van der Waals surface area (Å²) in [5, 5.41) is 19.5. The number of benzene rings is 3. The second kappa shape index (κ2) is 9.00.